The molecule has 1 aromatic rings. The number of methoxy groups -OCH3 is 1. The van der Waals surface area contributed by atoms with Crippen molar-refractivity contribution in [3.05, 3.63) is 29.8 Å². The third-order valence-corrected chi connectivity index (χ3v) is 2.97. The maximum absolute atomic E-state index is 13.4. The second-order valence-corrected chi connectivity index (χ2v) is 5.88. The van der Waals surface area contributed by atoms with E-state index in [2.05, 4.69) is 15.4 Å². The van der Waals surface area contributed by atoms with Gasteiger partial charge in [-0.05, 0) is 17.5 Å². The molecule has 0 fully saturated rings. The second-order valence-electron chi connectivity index (χ2n) is 5.88. The first-order valence-corrected chi connectivity index (χ1v) is 6.71. The van der Waals surface area contributed by atoms with Crippen LogP contribution in [-0.2, 0) is 14.3 Å². The Morgan fingerprint density at radius 3 is 2.45 bits per heavy atom. The van der Waals surface area contributed by atoms with Crippen molar-refractivity contribution < 1.29 is 23.1 Å². The van der Waals surface area contributed by atoms with Crippen molar-refractivity contribution >= 4 is 17.6 Å². The van der Waals surface area contributed by atoms with Gasteiger partial charge in [0, 0.05) is 6.07 Å². The number of carbonyl (C=O) groups is 2. The van der Waals surface area contributed by atoms with Crippen molar-refractivity contribution in [1.29, 1.82) is 0 Å². The van der Waals surface area contributed by atoms with E-state index < -0.39 is 35.0 Å². The second kappa shape index (κ2) is 7.31. The van der Waals surface area contributed by atoms with Gasteiger partial charge in [0.05, 0.1) is 19.3 Å². The molecule has 0 radical (unpaired) electrons. The van der Waals surface area contributed by atoms with Crippen molar-refractivity contribution in [3.8, 4) is 0 Å². The molecule has 1 aromatic carbocycles. The van der Waals surface area contributed by atoms with Crippen LogP contribution in [0.5, 0.6) is 0 Å². The molecule has 1 atom stereocenters. The van der Waals surface area contributed by atoms with Crippen molar-refractivity contribution in [2.24, 2.45) is 5.41 Å². The predicted octanol–water partition coefficient (Wildman–Crippen LogP) is 2.08. The molecule has 0 spiro atoms. The molecular formula is C15H20F2N2O3. The summed E-state index contributed by atoms with van der Waals surface area (Å²) in [5.74, 6) is -2.50. The number of ether oxygens (including phenoxy) is 1. The molecule has 0 aliphatic rings. The first-order valence-electron chi connectivity index (χ1n) is 6.71. The molecule has 0 aromatic heterocycles. The molecule has 0 heterocycles. The molecule has 1 amide bonds. The zero-order valence-corrected chi connectivity index (χ0v) is 13.0. The molecule has 0 saturated carbocycles. The molecule has 0 unspecified atom stereocenters. The molecule has 0 aliphatic carbocycles. The van der Waals surface area contributed by atoms with Crippen LogP contribution in [0.15, 0.2) is 18.2 Å². The first-order chi connectivity index (χ1) is 10.1. The lowest BCUT2D eigenvalue weighted by Gasteiger charge is -2.28. The largest absolute Gasteiger partial charge is 0.468 e. The van der Waals surface area contributed by atoms with Crippen molar-refractivity contribution in [3.63, 3.8) is 0 Å². The molecule has 0 saturated heterocycles. The number of anilines is 1. The van der Waals surface area contributed by atoms with Crippen LogP contribution in [0, 0.1) is 17.0 Å². The van der Waals surface area contributed by atoms with E-state index >= 15 is 0 Å². The highest BCUT2D eigenvalue weighted by molar-refractivity contribution is 5.92. The number of benzene rings is 1. The van der Waals surface area contributed by atoms with E-state index in [4.69, 9.17) is 0 Å². The van der Waals surface area contributed by atoms with Crippen LogP contribution in [0.3, 0.4) is 0 Å². The van der Waals surface area contributed by atoms with Gasteiger partial charge < -0.3 is 10.1 Å². The number of esters is 1. The van der Waals surface area contributed by atoms with E-state index in [1.165, 1.54) is 7.11 Å². The van der Waals surface area contributed by atoms with Gasteiger partial charge >= 0.3 is 5.97 Å². The quantitative estimate of drug-likeness (QED) is 0.817. The summed E-state index contributed by atoms with van der Waals surface area (Å²) in [4.78, 5) is 23.5. The van der Waals surface area contributed by atoms with Crippen LogP contribution >= 0.6 is 0 Å². The van der Waals surface area contributed by atoms with Gasteiger partial charge in [0.25, 0.3) is 0 Å². The average molecular weight is 314 g/mol. The fourth-order valence-electron chi connectivity index (χ4n) is 1.84. The average Bonchev–Trinajstić information content (AvgIpc) is 2.41. The number of hydrogen-bond acceptors (Lipinski definition) is 4. The van der Waals surface area contributed by atoms with E-state index in [9.17, 15) is 18.4 Å². The van der Waals surface area contributed by atoms with Crippen LogP contribution in [0.1, 0.15) is 20.8 Å². The Hall–Kier alpha value is -2.02. The SMILES string of the molecule is COC(=O)[C@H](NCC(=O)Nc1cc(F)ccc1F)C(C)(C)C. The van der Waals surface area contributed by atoms with Crippen molar-refractivity contribution in [1.82, 2.24) is 5.32 Å². The van der Waals surface area contributed by atoms with E-state index in [1.54, 1.807) is 0 Å². The normalized spacial score (nSPS) is 12.6. The lowest BCUT2D eigenvalue weighted by atomic mass is 9.87. The van der Waals surface area contributed by atoms with Gasteiger partial charge in [-0.3, -0.25) is 14.9 Å². The summed E-state index contributed by atoms with van der Waals surface area (Å²) in [6, 6.07) is 2.05. The fourth-order valence-corrected chi connectivity index (χ4v) is 1.84. The molecule has 0 bridgehead atoms. The van der Waals surface area contributed by atoms with Gasteiger partial charge in [-0.25, -0.2) is 8.78 Å². The molecular weight excluding hydrogens is 294 g/mol. The zero-order valence-electron chi connectivity index (χ0n) is 13.0. The van der Waals surface area contributed by atoms with Crippen LogP contribution in [0.25, 0.3) is 0 Å². The maximum atomic E-state index is 13.4. The number of halogens is 2. The minimum Gasteiger partial charge on any atom is -0.468 e. The number of carbonyl (C=O) groups excluding carboxylic acids is 2. The predicted molar refractivity (Wildman–Crippen MR) is 78.2 cm³/mol. The van der Waals surface area contributed by atoms with Crippen LogP contribution in [0.2, 0.25) is 0 Å². The molecule has 7 heteroatoms. The summed E-state index contributed by atoms with van der Waals surface area (Å²) < 4.78 is 31.1. The molecule has 0 aliphatic heterocycles. The van der Waals surface area contributed by atoms with E-state index in [0.717, 1.165) is 18.2 Å². The number of amides is 1. The lowest BCUT2D eigenvalue weighted by molar-refractivity contribution is -0.146. The Morgan fingerprint density at radius 1 is 1.27 bits per heavy atom. The Bertz CT molecular complexity index is 556. The number of rotatable bonds is 5. The molecule has 1 rings (SSSR count). The number of nitrogens with one attached hydrogen (secondary N) is 2. The molecule has 2 N–H and O–H groups in total. The van der Waals surface area contributed by atoms with Crippen LogP contribution in [0.4, 0.5) is 14.5 Å². The van der Waals surface area contributed by atoms with Gasteiger partial charge in [0.2, 0.25) is 5.91 Å². The number of hydrogen-bond donors (Lipinski definition) is 2. The van der Waals surface area contributed by atoms with E-state index in [-0.39, 0.29) is 12.2 Å². The lowest BCUT2D eigenvalue weighted by Crippen LogP contribution is -2.49. The Labute approximate surface area is 128 Å². The zero-order chi connectivity index (χ0) is 16.9. The van der Waals surface area contributed by atoms with Crippen molar-refractivity contribution in [2.45, 2.75) is 26.8 Å². The summed E-state index contributed by atoms with van der Waals surface area (Å²) >= 11 is 0. The van der Waals surface area contributed by atoms with Crippen LogP contribution < -0.4 is 10.6 Å². The highest BCUT2D eigenvalue weighted by atomic mass is 19.1. The standard InChI is InChI=1S/C15H20F2N2O3/c1-15(2,3)13(14(21)22-4)18-8-12(20)19-11-7-9(16)5-6-10(11)17/h5-7,13,18H,8H2,1-4H3,(H,19,20)/t13-/m0/s1. The summed E-state index contributed by atoms with van der Waals surface area (Å²) in [6.45, 7) is 5.19. The van der Waals surface area contributed by atoms with Crippen LogP contribution in [-0.4, -0.2) is 31.6 Å². The first kappa shape index (κ1) is 18.0. The van der Waals surface area contributed by atoms with Gasteiger partial charge in [-0.15, -0.1) is 0 Å². The van der Waals surface area contributed by atoms with Gasteiger partial charge in [0.1, 0.15) is 17.7 Å². The third-order valence-electron chi connectivity index (χ3n) is 2.97. The minimum atomic E-state index is -0.741. The van der Waals surface area contributed by atoms with Gasteiger partial charge in [-0.2, -0.15) is 0 Å². The summed E-state index contributed by atoms with van der Waals surface area (Å²) in [7, 11) is 1.25. The highest BCUT2D eigenvalue weighted by Gasteiger charge is 2.32. The fraction of sp³-hybridized carbons (Fsp3) is 0.467. The maximum Gasteiger partial charge on any atom is 0.323 e. The topological polar surface area (TPSA) is 67.4 Å². The monoisotopic (exact) mass is 314 g/mol. The third kappa shape index (κ3) is 5.07. The van der Waals surface area contributed by atoms with E-state index in [0.29, 0.717) is 0 Å². The smallest absolute Gasteiger partial charge is 0.323 e. The molecule has 5 nitrogen and oxygen atoms in total. The van der Waals surface area contributed by atoms with Crippen molar-refractivity contribution in [2.75, 3.05) is 19.0 Å². The molecule has 122 valence electrons. The summed E-state index contributed by atoms with van der Waals surface area (Å²) in [5.41, 5.74) is -0.727. The molecule has 22 heavy (non-hydrogen) atoms. The van der Waals surface area contributed by atoms with Gasteiger partial charge in [-0.1, -0.05) is 20.8 Å². The van der Waals surface area contributed by atoms with Gasteiger partial charge in [0.15, 0.2) is 0 Å². The van der Waals surface area contributed by atoms with E-state index in [1.807, 2.05) is 20.8 Å². The Balaban J connectivity index is 2.68. The highest BCUT2D eigenvalue weighted by Crippen LogP contribution is 2.20. The summed E-state index contributed by atoms with van der Waals surface area (Å²) in [6.07, 6.45) is 0. The Morgan fingerprint density at radius 2 is 1.91 bits per heavy atom. The Kier molecular flexibility index (Phi) is 5.99. The summed E-state index contributed by atoms with van der Waals surface area (Å²) in [5, 5.41) is 5.01. The minimum absolute atomic E-state index is 0.243.